The number of hydrogen-bond acceptors (Lipinski definition) is 5. The maximum absolute atomic E-state index is 12.9. The van der Waals surface area contributed by atoms with Crippen LogP contribution in [-0.4, -0.2) is 24.7 Å². The minimum atomic E-state index is -0.368. The van der Waals surface area contributed by atoms with Gasteiger partial charge in [-0.2, -0.15) is 0 Å². The number of carbonyl (C=O) groups is 1. The van der Waals surface area contributed by atoms with Crippen molar-refractivity contribution in [2.24, 2.45) is 0 Å². The predicted molar refractivity (Wildman–Crippen MR) is 106 cm³/mol. The van der Waals surface area contributed by atoms with E-state index < -0.39 is 0 Å². The molecule has 0 unspecified atom stereocenters. The average Bonchev–Trinajstić information content (AvgIpc) is 3.05. The lowest BCUT2D eigenvalue weighted by Gasteiger charge is -2.11. The van der Waals surface area contributed by atoms with Gasteiger partial charge in [0.15, 0.2) is 0 Å². The highest BCUT2D eigenvalue weighted by Gasteiger charge is 2.22. The number of nitrogens with one attached hydrogen (secondary N) is 1. The average molecular weight is 384 g/mol. The van der Waals surface area contributed by atoms with E-state index in [0.29, 0.717) is 34.8 Å². The molecule has 1 amide bonds. The third kappa shape index (κ3) is 3.60. The first kappa shape index (κ1) is 19.5. The molecule has 2 heterocycles. The summed E-state index contributed by atoms with van der Waals surface area (Å²) in [6.45, 7) is 4.49. The monoisotopic (exact) mass is 384 g/mol. The number of carbonyl (C=O) groups excluding carboxylic acids is 1. The van der Waals surface area contributed by atoms with Gasteiger partial charge in [0, 0.05) is 24.8 Å². The van der Waals surface area contributed by atoms with Gasteiger partial charge in [-0.25, -0.2) is 0 Å². The Morgan fingerprint density at radius 3 is 2.68 bits per heavy atom. The summed E-state index contributed by atoms with van der Waals surface area (Å²) in [6, 6.07) is 7.09. The van der Waals surface area contributed by atoms with Gasteiger partial charge in [-0.3, -0.25) is 9.59 Å². The zero-order chi connectivity index (χ0) is 20.3. The van der Waals surface area contributed by atoms with Crippen LogP contribution >= 0.6 is 0 Å². The van der Waals surface area contributed by atoms with Crippen LogP contribution in [0.4, 0.5) is 0 Å². The van der Waals surface area contributed by atoms with Gasteiger partial charge in [-0.1, -0.05) is 6.92 Å². The molecule has 0 aliphatic heterocycles. The first-order chi connectivity index (χ1) is 13.5. The van der Waals surface area contributed by atoms with Crippen molar-refractivity contribution in [2.45, 2.75) is 33.4 Å². The van der Waals surface area contributed by atoms with Crippen LogP contribution in [0.25, 0.3) is 11.0 Å². The van der Waals surface area contributed by atoms with Gasteiger partial charge in [0.1, 0.15) is 22.8 Å². The number of rotatable bonds is 7. The van der Waals surface area contributed by atoms with Crippen molar-refractivity contribution in [1.29, 1.82) is 0 Å². The molecule has 0 bridgehead atoms. The molecular weight excluding hydrogens is 360 g/mol. The highest BCUT2D eigenvalue weighted by atomic mass is 16.5. The Kier molecular flexibility index (Phi) is 5.73. The molecule has 7 heteroatoms. The molecule has 0 spiro atoms. The van der Waals surface area contributed by atoms with Crippen LogP contribution in [0.1, 0.15) is 35.0 Å². The Hall–Kier alpha value is -3.22. The van der Waals surface area contributed by atoms with Gasteiger partial charge in [-0.05, 0) is 37.6 Å². The lowest BCUT2D eigenvalue weighted by molar-refractivity contribution is 0.0950. The van der Waals surface area contributed by atoms with E-state index in [1.165, 1.54) is 0 Å². The molecule has 1 aromatic carbocycles. The third-order valence-corrected chi connectivity index (χ3v) is 4.61. The molecule has 148 valence electrons. The minimum Gasteiger partial charge on any atom is -0.497 e. The number of pyridine rings is 1. The molecule has 0 radical (unpaired) electrons. The number of aryl methyl sites for hydroxylation is 2. The van der Waals surface area contributed by atoms with Crippen molar-refractivity contribution >= 4 is 16.9 Å². The Balaban J connectivity index is 1.93. The summed E-state index contributed by atoms with van der Waals surface area (Å²) in [7, 11) is 3.14. The minimum absolute atomic E-state index is 0.222. The summed E-state index contributed by atoms with van der Waals surface area (Å²) >= 11 is 0. The lowest BCUT2D eigenvalue weighted by atomic mass is 10.1. The summed E-state index contributed by atoms with van der Waals surface area (Å²) in [5, 5.41) is 3.17. The van der Waals surface area contributed by atoms with Gasteiger partial charge >= 0.3 is 0 Å². The number of ether oxygens (including phenoxy) is 2. The van der Waals surface area contributed by atoms with Crippen LogP contribution in [-0.2, 0) is 13.1 Å². The van der Waals surface area contributed by atoms with Crippen molar-refractivity contribution in [3.63, 3.8) is 0 Å². The molecule has 0 aliphatic carbocycles. The van der Waals surface area contributed by atoms with E-state index in [-0.39, 0.29) is 23.6 Å². The van der Waals surface area contributed by atoms with Gasteiger partial charge in [0.2, 0.25) is 0 Å². The zero-order valence-electron chi connectivity index (χ0n) is 16.5. The first-order valence-corrected chi connectivity index (χ1v) is 9.11. The van der Waals surface area contributed by atoms with Crippen molar-refractivity contribution in [2.75, 3.05) is 14.2 Å². The third-order valence-electron chi connectivity index (χ3n) is 4.61. The highest BCUT2D eigenvalue weighted by molar-refractivity contribution is 6.06. The fourth-order valence-electron chi connectivity index (χ4n) is 3.24. The van der Waals surface area contributed by atoms with Crippen molar-refractivity contribution in [3.8, 4) is 11.5 Å². The van der Waals surface area contributed by atoms with E-state index >= 15 is 0 Å². The second-order valence-electron chi connectivity index (χ2n) is 6.45. The molecule has 0 saturated heterocycles. The Morgan fingerprint density at radius 1 is 1.21 bits per heavy atom. The molecule has 2 aromatic heterocycles. The molecule has 3 rings (SSSR count). The Morgan fingerprint density at radius 2 is 2.00 bits per heavy atom. The molecule has 0 aliphatic rings. The maximum atomic E-state index is 12.9. The van der Waals surface area contributed by atoms with Gasteiger partial charge in [-0.15, -0.1) is 0 Å². The molecule has 3 aromatic rings. The topological polar surface area (TPSA) is 82.7 Å². The number of aromatic nitrogens is 1. The second-order valence-corrected chi connectivity index (χ2v) is 6.45. The number of amides is 1. The second kappa shape index (κ2) is 8.21. The van der Waals surface area contributed by atoms with Crippen molar-refractivity contribution in [1.82, 2.24) is 9.88 Å². The van der Waals surface area contributed by atoms with Crippen LogP contribution in [0.2, 0.25) is 0 Å². The van der Waals surface area contributed by atoms with Crippen LogP contribution in [0.3, 0.4) is 0 Å². The Labute approximate surface area is 162 Å². The van der Waals surface area contributed by atoms with Crippen molar-refractivity contribution < 1.29 is 18.7 Å². The van der Waals surface area contributed by atoms with Crippen molar-refractivity contribution in [3.05, 3.63) is 57.7 Å². The summed E-state index contributed by atoms with van der Waals surface area (Å²) in [5.41, 5.74) is 1.23. The van der Waals surface area contributed by atoms with Crippen LogP contribution in [0, 0.1) is 6.92 Å². The lowest BCUT2D eigenvalue weighted by Crippen LogP contribution is -2.26. The first-order valence-electron chi connectivity index (χ1n) is 9.11. The number of benzene rings is 1. The number of methoxy groups -OCH3 is 2. The van der Waals surface area contributed by atoms with Gasteiger partial charge in [0.05, 0.1) is 25.2 Å². The zero-order valence-corrected chi connectivity index (χ0v) is 16.5. The number of furan rings is 1. The van der Waals surface area contributed by atoms with E-state index in [2.05, 4.69) is 5.32 Å². The summed E-state index contributed by atoms with van der Waals surface area (Å²) < 4.78 is 17.8. The summed E-state index contributed by atoms with van der Waals surface area (Å²) in [5.74, 6) is 1.35. The number of nitrogens with zero attached hydrogens (tertiary/aromatic N) is 1. The highest BCUT2D eigenvalue weighted by Crippen LogP contribution is 2.25. The molecular formula is C21H24N2O5. The largest absolute Gasteiger partial charge is 0.497 e. The van der Waals surface area contributed by atoms with E-state index in [1.807, 2.05) is 6.92 Å². The smallest absolute Gasteiger partial charge is 0.262 e. The standard InChI is InChI=1S/C21H24N2O5/c1-5-9-23-10-8-17-19(21(23)25)18(13(2)28-17)20(24)22-12-14-11-15(26-3)6-7-16(14)27-4/h6-8,10-11H,5,9,12H2,1-4H3,(H,22,24). The molecule has 7 nitrogen and oxygen atoms in total. The summed E-state index contributed by atoms with van der Waals surface area (Å²) in [4.78, 5) is 25.7. The van der Waals surface area contributed by atoms with Crippen LogP contribution in [0.15, 0.2) is 39.7 Å². The molecule has 1 N–H and O–H groups in total. The van der Waals surface area contributed by atoms with Crippen LogP contribution in [0.5, 0.6) is 11.5 Å². The van der Waals surface area contributed by atoms with Gasteiger partial charge < -0.3 is 23.8 Å². The van der Waals surface area contributed by atoms with E-state index in [1.54, 1.807) is 56.2 Å². The fourth-order valence-corrected chi connectivity index (χ4v) is 3.24. The van der Waals surface area contributed by atoms with E-state index in [0.717, 1.165) is 12.0 Å². The van der Waals surface area contributed by atoms with E-state index in [9.17, 15) is 9.59 Å². The number of fused-ring (bicyclic) bond motifs is 1. The molecule has 0 atom stereocenters. The molecule has 0 saturated carbocycles. The van der Waals surface area contributed by atoms with E-state index in [4.69, 9.17) is 13.9 Å². The molecule has 0 fully saturated rings. The molecule has 28 heavy (non-hydrogen) atoms. The van der Waals surface area contributed by atoms with Gasteiger partial charge in [0.25, 0.3) is 11.5 Å². The SMILES string of the molecule is CCCn1ccc2oc(C)c(C(=O)NCc3cc(OC)ccc3OC)c2c1=O. The normalized spacial score (nSPS) is 10.9. The van der Waals surface area contributed by atoms with Crippen LogP contribution < -0.4 is 20.3 Å². The Bertz CT molecular complexity index is 1060. The summed E-state index contributed by atoms with van der Waals surface area (Å²) in [6.07, 6.45) is 2.51. The fraction of sp³-hybridized carbons (Fsp3) is 0.333. The maximum Gasteiger partial charge on any atom is 0.262 e. The predicted octanol–water partition coefficient (Wildman–Crippen LogP) is 3.26. The quantitative estimate of drug-likeness (QED) is 0.676. The number of hydrogen-bond donors (Lipinski definition) is 1.